The second kappa shape index (κ2) is 8.51. The van der Waals surface area contributed by atoms with Crippen molar-refractivity contribution in [2.75, 3.05) is 10.6 Å². The van der Waals surface area contributed by atoms with Gasteiger partial charge in [-0.2, -0.15) is 0 Å². The number of hydrogen-bond donors (Lipinski definition) is 2. The van der Waals surface area contributed by atoms with Gasteiger partial charge in [0.25, 0.3) is 5.91 Å². The number of benzene rings is 1. The van der Waals surface area contributed by atoms with Crippen LogP contribution in [0.15, 0.2) is 47.1 Å². The first kappa shape index (κ1) is 17.3. The number of anilines is 2. The fourth-order valence-corrected chi connectivity index (χ4v) is 3.27. The Bertz CT molecular complexity index is 686. The smallest absolute Gasteiger partial charge is 0.291 e. The largest absolute Gasteiger partial charge is 0.459 e. The Kier molecular flexibility index (Phi) is 5.88. The lowest BCUT2D eigenvalue weighted by molar-refractivity contribution is -0.116. The minimum absolute atomic E-state index is 0.0537. The van der Waals surface area contributed by atoms with Crippen LogP contribution in [0.1, 0.15) is 55.5 Å². The SMILES string of the molecule is O=C(CCC1CCCCC1)Nc1ccc(NC(=O)c2ccco2)cc1. The predicted octanol–water partition coefficient (Wildman–Crippen LogP) is 4.83. The van der Waals surface area contributed by atoms with E-state index in [-0.39, 0.29) is 17.6 Å². The summed E-state index contributed by atoms with van der Waals surface area (Å²) in [6.07, 6.45) is 9.47. The van der Waals surface area contributed by atoms with Crippen LogP contribution in [0.2, 0.25) is 0 Å². The number of nitrogens with one attached hydrogen (secondary N) is 2. The summed E-state index contributed by atoms with van der Waals surface area (Å²) in [6.45, 7) is 0. The molecule has 1 aromatic carbocycles. The average Bonchev–Trinajstić information content (AvgIpc) is 3.17. The quantitative estimate of drug-likeness (QED) is 0.791. The number of rotatable bonds is 6. The van der Waals surface area contributed by atoms with Gasteiger partial charge in [-0.05, 0) is 48.7 Å². The highest BCUT2D eigenvalue weighted by Gasteiger charge is 2.15. The van der Waals surface area contributed by atoms with Crippen LogP contribution in [-0.4, -0.2) is 11.8 Å². The minimum Gasteiger partial charge on any atom is -0.459 e. The van der Waals surface area contributed by atoms with Crippen molar-refractivity contribution in [1.82, 2.24) is 0 Å². The third-order valence-electron chi connectivity index (χ3n) is 4.68. The molecule has 1 saturated carbocycles. The van der Waals surface area contributed by atoms with Gasteiger partial charge in [-0.3, -0.25) is 9.59 Å². The molecule has 132 valence electrons. The summed E-state index contributed by atoms with van der Waals surface area (Å²) < 4.78 is 5.05. The Morgan fingerprint density at radius 3 is 2.28 bits per heavy atom. The lowest BCUT2D eigenvalue weighted by atomic mass is 9.86. The lowest BCUT2D eigenvalue weighted by Gasteiger charge is -2.21. The maximum Gasteiger partial charge on any atom is 0.291 e. The van der Waals surface area contributed by atoms with Gasteiger partial charge in [-0.1, -0.05) is 32.1 Å². The second-order valence-corrected chi connectivity index (χ2v) is 6.60. The molecule has 0 spiro atoms. The monoisotopic (exact) mass is 340 g/mol. The molecule has 0 atom stereocenters. The van der Waals surface area contributed by atoms with Crippen LogP contribution >= 0.6 is 0 Å². The van der Waals surface area contributed by atoms with Gasteiger partial charge < -0.3 is 15.1 Å². The van der Waals surface area contributed by atoms with Gasteiger partial charge in [-0.15, -0.1) is 0 Å². The average molecular weight is 340 g/mol. The molecule has 2 amide bonds. The molecule has 1 aliphatic carbocycles. The summed E-state index contributed by atoms with van der Waals surface area (Å²) in [5.41, 5.74) is 1.39. The lowest BCUT2D eigenvalue weighted by Crippen LogP contribution is -2.15. The highest BCUT2D eigenvalue weighted by molar-refractivity contribution is 6.02. The Hall–Kier alpha value is -2.56. The van der Waals surface area contributed by atoms with Crippen LogP contribution in [0.3, 0.4) is 0 Å². The van der Waals surface area contributed by atoms with Gasteiger partial charge in [0, 0.05) is 17.8 Å². The summed E-state index contributed by atoms with van der Waals surface area (Å²) in [5, 5.41) is 5.67. The van der Waals surface area contributed by atoms with E-state index >= 15 is 0 Å². The molecule has 2 N–H and O–H groups in total. The normalized spacial score (nSPS) is 14.9. The van der Waals surface area contributed by atoms with Gasteiger partial charge in [0.2, 0.25) is 5.91 Å². The van der Waals surface area contributed by atoms with E-state index < -0.39 is 0 Å². The molecule has 0 saturated heterocycles. The molecule has 3 rings (SSSR count). The van der Waals surface area contributed by atoms with Crippen LogP contribution in [0, 0.1) is 5.92 Å². The molecule has 0 aliphatic heterocycles. The van der Waals surface area contributed by atoms with Crippen LogP contribution in [0.25, 0.3) is 0 Å². The standard InChI is InChI=1S/C20H24N2O3/c23-19(13-8-15-5-2-1-3-6-15)21-16-9-11-17(12-10-16)22-20(24)18-7-4-14-25-18/h4,7,9-12,14-15H,1-3,5-6,8,13H2,(H,21,23)(H,22,24). The summed E-state index contributed by atoms with van der Waals surface area (Å²) in [7, 11) is 0. The second-order valence-electron chi connectivity index (χ2n) is 6.60. The molecule has 0 radical (unpaired) electrons. The zero-order valence-corrected chi connectivity index (χ0v) is 14.3. The van der Waals surface area contributed by atoms with Crippen molar-refractivity contribution in [2.24, 2.45) is 5.92 Å². The third kappa shape index (κ3) is 5.21. The molecule has 0 unspecified atom stereocenters. The molecular formula is C20H24N2O3. The van der Waals surface area contributed by atoms with Gasteiger partial charge in [0.05, 0.1) is 6.26 Å². The summed E-state index contributed by atoms with van der Waals surface area (Å²) in [6, 6.07) is 10.4. The molecule has 5 nitrogen and oxygen atoms in total. The van der Waals surface area contributed by atoms with E-state index in [9.17, 15) is 9.59 Å². The highest BCUT2D eigenvalue weighted by Crippen LogP contribution is 2.27. The van der Waals surface area contributed by atoms with Gasteiger partial charge in [0.1, 0.15) is 0 Å². The van der Waals surface area contributed by atoms with Crippen LogP contribution in [0.5, 0.6) is 0 Å². The molecule has 1 heterocycles. The highest BCUT2D eigenvalue weighted by atomic mass is 16.3. The first-order valence-electron chi connectivity index (χ1n) is 8.95. The Labute approximate surface area is 147 Å². The van der Waals surface area contributed by atoms with E-state index in [1.807, 2.05) is 0 Å². The van der Waals surface area contributed by atoms with E-state index in [0.29, 0.717) is 18.0 Å². The fourth-order valence-electron chi connectivity index (χ4n) is 3.27. The van der Waals surface area contributed by atoms with E-state index in [2.05, 4.69) is 10.6 Å². The predicted molar refractivity (Wildman–Crippen MR) is 97.5 cm³/mol. The number of furan rings is 1. The van der Waals surface area contributed by atoms with Crippen LogP contribution in [-0.2, 0) is 4.79 Å². The van der Waals surface area contributed by atoms with Crippen molar-refractivity contribution >= 4 is 23.2 Å². The van der Waals surface area contributed by atoms with Crippen LogP contribution in [0.4, 0.5) is 11.4 Å². The summed E-state index contributed by atoms with van der Waals surface area (Å²) >= 11 is 0. The van der Waals surface area contributed by atoms with E-state index in [1.54, 1.807) is 36.4 Å². The van der Waals surface area contributed by atoms with E-state index in [4.69, 9.17) is 4.42 Å². The topological polar surface area (TPSA) is 71.3 Å². The van der Waals surface area contributed by atoms with Crippen molar-refractivity contribution < 1.29 is 14.0 Å². The Morgan fingerprint density at radius 2 is 1.64 bits per heavy atom. The maximum atomic E-state index is 12.1. The molecule has 1 fully saturated rings. The summed E-state index contributed by atoms with van der Waals surface area (Å²) in [4.78, 5) is 24.0. The van der Waals surface area contributed by atoms with Gasteiger partial charge >= 0.3 is 0 Å². The van der Waals surface area contributed by atoms with Crippen molar-refractivity contribution in [3.05, 3.63) is 48.4 Å². The zero-order chi connectivity index (χ0) is 17.5. The van der Waals surface area contributed by atoms with Crippen molar-refractivity contribution in [2.45, 2.75) is 44.9 Å². The van der Waals surface area contributed by atoms with Crippen molar-refractivity contribution in [3.8, 4) is 0 Å². The minimum atomic E-state index is -0.297. The number of carbonyl (C=O) groups excluding carboxylic acids is 2. The number of carbonyl (C=O) groups is 2. The molecule has 2 aromatic rings. The Balaban J connectivity index is 1.45. The molecule has 0 bridgehead atoms. The van der Waals surface area contributed by atoms with Gasteiger partial charge in [-0.25, -0.2) is 0 Å². The van der Waals surface area contributed by atoms with Crippen molar-refractivity contribution in [3.63, 3.8) is 0 Å². The first-order valence-corrected chi connectivity index (χ1v) is 8.95. The number of amides is 2. The molecule has 25 heavy (non-hydrogen) atoms. The Morgan fingerprint density at radius 1 is 0.960 bits per heavy atom. The van der Waals surface area contributed by atoms with E-state index in [1.165, 1.54) is 38.4 Å². The number of hydrogen-bond acceptors (Lipinski definition) is 3. The fraction of sp³-hybridized carbons (Fsp3) is 0.400. The van der Waals surface area contributed by atoms with E-state index in [0.717, 1.165) is 12.1 Å². The zero-order valence-electron chi connectivity index (χ0n) is 14.3. The molecular weight excluding hydrogens is 316 g/mol. The molecule has 1 aromatic heterocycles. The van der Waals surface area contributed by atoms with Crippen molar-refractivity contribution in [1.29, 1.82) is 0 Å². The molecule has 5 heteroatoms. The maximum absolute atomic E-state index is 12.1. The van der Waals surface area contributed by atoms with Gasteiger partial charge in [0.15, 0.2) is 5.76 Å². The van der Waals surface area contributed by atoms with Crippen LogP contribution < -0.4 is 10.6 Å². The third-order valence-corrected chi connectivity index (χ3v) is 4.68. The summed E-state index contributed by atoms with van der Waals surface area (Å²) in [5.74, 6) is 0.728. The molecule has 1 aliphatic rings. The first-order chi connectivity index (χ1) is 12.2.